The summed E-state index contributed by atoms with van der Waals surface area (Å²) in [6.07, 6.45) is 13.6. The molecule has 0 saturated heterocycles. The van der Waals surface area contributed by atoms with Gasteiger partial charge in [-0.3, -0.25) is 0 Å². The van der Waals surface area contributed by atoms with Gasteiger partial charge in [0.05, 0.1) is 12.2 Å². The maximum atomic E-state index is 9.95. The quantitative estimate of drug-likeness (QED) is 0.533. The summed E-state index contributed by atoms with van der Waals surface area (Å²) < 4.78 is 0. The molecule has 4 aliphatic carbocycles. The largest absolute Gasteiger partial charge is 0.393 e. The lowest BCUT2D eigenvalue weighted by atomic mass is 9.52. The van der Waals surface area contributed by atoms with Crippen LogP contribution in [0.3, 0.4) is 0 Å². The van der Waals surface area contributed by atoms with E-state index in [9.17, 15) is 5.11 Å². The van der Waals surface area contributed by atoms with Crippen LogP contribution in [0.1, 0.15) is 58.3 Å². The molecule has 0 amide bonds. The van der Waals surface area contributed by atoms with E-state index in [1.54, 1.807) is 5.57 Å². The Balaban J connectivity index is 1.63. The molecule has 22 heavy (non-hydrogen) atoms. The zero-order valence-corrected chi connectivity index (χ0v) is 13.6. The van der Waals surface area contributed by atoms with E-state index in [-0.39, 0.29) is 11.5 Å². The van der Waals surface area contributed by atoms with Gasteiger partial charge in [-0.15, -0.1) is 0 Å². The topological polar surface area (TPSA) is 44.0 Å². The molecule has 2 nitrogen and oxygen atoms in total. The minimum Gasteiger partial charge on any atom is -0.393 e. The summed E-state index contributed by atoms with van der Waals surface area (Å²) in [6, 6.07) is 2.29. The maximum Gasteiger partial charge on any atom is 0.0911 e. The molecule has 0 aromatic carbocycles. The van der Waals surface area contributed by atoms with E-state index in [4.69, 9.17) is 5.26 Å². The number of hydrogen-bond acceptors (Lipinski definition) is 2. The second-order valence-corrected chi connectivity index (χ2v) is 8.28. The first-order valence-electron chi connectivity index (χ1n) is 9.09. The number of aliphatic hydroxyl groups is 1. The van der Waals surface area contributed by atoms with E-state index in [1.165, 1.54) is 37.7 Å². The minimum atomic E-state index is -0.0930. The van der Waals surface area contributed by atoms with Crippen molar-refractivity contribution in [1.29, 1.82) is 5.26 Å². The smallest absolute Gasteiger partial charge is 0.0911 e. The Kier molecular flexibility index (Phi) is 3.46. The monoisotopic (exact) mass is 297 g/mol. The summed E-state index contributed by atoms with van der Waals surface area (Å²) >= 11 is 0. The van der Waals surface area contributed by atoms with Gasteiger partial charge in [0, 0.05) is 6.08 Å². The Labute approximate surface area is 133 Å². The Morgan fingerprint density at radius 3 is 2.95 bits per heavy atom. The lowest BCUT2D eigenvalue weighted by Crippen LogP contribution is -2.44. The van der Waals surface area contributed by atoms with Crippen LogP contribution in [0.25, 0.3) is 0 Å². The van der Waals surface area contributed by atoms with Gasteiger partial charge >= 0.3 is 0 Å². The maximum absolute atomic E-state index is 9.95. The molecule has 4 aliphatic rings. The van der Waals surface area contributed by atoms with Crippen molar-refractivity contribution >= 4 is 0 Å². The molecule has 0 bridgehead atoms. The lowest BCUT2D eigenvalue weighted by molar-refractivity contribution is 0.0142. The molecule has 0 aromatic rings. The average molecular weight is 297 g/mol. The molecule has 3 fully saturated rings. The Bertz CT molecular complexity index is 569. The average Bonchev–Trinajstić information content (AvgIpc) is 2.84. The van der Waals surface area contributed by atoms with E-state index < -0.39 is 0 Å². The van der Waals surface area contributed by atoms with E-state index in [2.05, 4.69) is 19.1 Å². The molecule has 1 N–H and O–H groups in total. The number of rotatable bonds is 0. The van der Waals surface area contributed by atoms with Gasteiger partial charge in [0.1, 0.15) is 0 Å². The van der Waals surface area contributed by atoms with E-state index in [0.29, 0.717) is 0 Å². The highest BCUT2D eigenvalue weighted by Gasteiger charge is 2.53. The Hall–Kier alpha value is -1.07. The molecule has 0 aliphatic heterocycles. The molecular formula is C20H27NO. The summed E-state index contributed by atoms with van der Waals surface area (Å²) in [4.78, 5) is 0. The normalized spacial score (nSPS) is 48.9. The van der Waals surface area contributed by atoms with Crippen LogP contribution in [-0.2, 0) is 0 Å². The first kappa shape index (κ1) is 14.5. The third-order valence-electron chi connectivity index (χ3n) is 7.51. The highest BCUT2D eigenvalue weighted by atomic mass is 16.3. The standard InChI is InChI=1S/C20H27NO/c1-20-10-8-17-16-6-4-15(22)12-13(16)2-5-18(17)19(20)7-3-14(20)9-11-21/h2,9,15-19,22H,3-8,10,12H2,1H3/t15?,16-,17+,18+,19-,20+/m0/s1. The van der Waals surface area contributed by atoms with Gasteiger partial charge in [0.25, 0.3) is 0 Å². The van der Waals surface area contributed by atoms with Gasteiger partial charge in [-0.05, 0) is 80.5 Å². The van der Waals surface area contributed by atoms with Crippen LogP contribution in [0, 0.1) is 40.4 Å². The van der Waals surface area contributed by atoms with E-state index in [1.807, 2.05) is 6.08 Å². The third kappa shape index (κ3) is 2.02. The van der Waals surface area contributed by atoms with Crippen molar-refractivity contribution in [3.8, 4) is 6.07 Å². The number of aliphatic hydroxyl groups excluding tert-OH is 1. The van der Waals surface area contributed by atoms with Gasteiger partial charge in [-0.2, -0.15) is 5.26 Å². The molecule has 0 radical (unpaired) electrons. The van der Waals surface area contributed by atoms with Gasteiger partial charge in [-0.25, -0.2) is 0 Å². The fourth-order valence-corrected chi connectivity index (χ4v) is 6.41. The minimum absolute atomic E-state index is 0.0930. The van der Waals surface area contributed by atoms with Crippen LogP contribution in [0.5, 0.6) is 0 Å². The predicted octanol–water partition coefficient (Wildman–Crippen LogP) is 4.37. The van der Waals surface area contributed by atoms with Crippen LogP contribution in [0.4, 0.5) is 0 Å². The number of allylic oxidation sites excluding steroid dienone is 3. The van der Waals surface area contributed by atoms with Crippen LogP contribution in [0.2, 0.25) is 0 Å². The second kappa shape index (κ2) is 5.24. The number of hydrogen-bond donors (Lipinski definition) is 1. The van der Waals surface area contributed by atoms with Gasteiger partial charge in [0.15, 0.2) is 0 Å². The molecule has 0 spiro atoms. The fraction of sp³-hybridized carbons (Fsp3) is 0.750. The summed E-state index contributed by atoms with van der Waals surface area (Å²) in [5, 5.41) is 19.0. The zero-order chi connectivity index (χ0) is 15.3. The summed E-state index contributed by atoms with van der Waals surface area (Å²) in [6.45, 7) is 2.42. The first-order valence-corrected chi connectivity index (χ1v) is 9.09. The van der Waals surface area contributed by atoms with Crippen LogP contribution in [-0.4, -0.2) is 11.2 Å². The van der Waals surface area contributed by atoms with Crippen LogP contribution >= 0.6 is 0 Å². The molecule has 3 saturated carbocycles. The lowest BCUT2D eigenvalue weighted by Gasteiger charge is -2.52. The zero-order valence-electron chi connectivity index (χ0n) is 13.6. The van der Waals surface area contributed by atoms with Crippen molar-refractivity contribution in [3.63, 3.8) is 0 Å². The molecule has 6 atom stereocenters. The SMILES string of the molecule is C[C@]12CC[C@H]3[C@@H](CC=C4CC(O)CC[C@@H]43)[C@@H]1CCC2=CC#N. The van der Waals surface area contributed by atoms with Crippen molar-refractivity contribution in [1.82, 2.24) is 0 Å². The number of nitrogens with zero attached hydrogens (tertiary/aromatic N) is 1. The fourth-order valence-electron chi connectivity index (χ4n) is 6.41. The summed E-state index contributed by atoms with van der Waals surface area (Å²) in [7, 11) is 0. The summed E-state index contributed by atoms with van der Waals surface area (Å²) in [5.74, 6) is 3.17. The predicted molar refractivity (Wildman–Crippen MR) is 86.8 cm³/mol. The molecule has 4 rings (SSSR count). The Morgan fingerprint density at radius 1 is 1.27 bits per heavy atom. The highest BCUT2D eigenvalue weighted by molar-refractivity contribution is 5.29. The second-order valence-electron chi connectivity index (χ2n) is 8.28. The molecular weight excluding hydrogens is 270 g/mol. The van der Waals surface area contributed by atoms with Crippen molar-refractivity contribution < 1.29 is 5.11 Å². The van der Waals surface area contributed by atoms with Gasteiger partial charge < -0.3 is 5.11 Å². The third-order valence-corrected chi connectivity index (χ3v) is 7.51. The molecule has 118 valence electrons. The summed E-state index contributed by atoms with van der Waals surface area (Å²) in [5.41, 5.74) is 3.28. The Morgan fingerprint density at radius 2 is 2.14 bits per heavy atom. The van der Waals surface area contributed by atoms with Crippen molar-refractivity contribution in [2.24, 2.45) is 29.1 Å². The number of fused-ring (bicyclic) bond motifs is 5. The van der Waals surface area contributed by atoms with E-state index >= 15 is 0 Å². The molecule has 1 unspecified atom stereocenters. The van der Waals surface area contributed by atoms with Crippen molar-refractivity contribution in [3.05, 3.63) is 23.3 Å². The van der Waals surface area contributed by atoms with Crippen molar-refractivity contribution in [2.45, 2.75) is 64.4 Å². The molecule has 0 heterocycles. The number of nitriles is 1. The van der Waals surface area contributed by atoms with Gasteiger partial charge in [0.2, 0.25) is 0 Å². The molecule has 0 aromatic heterocycles. The van der Waals surface area contributed by atoms with Crippen LogP contribution < -0.4 is 0 Å². The highest BCUT2D eigenvalue weighted by Crippen LogP contribution is 2.63. The first-order chi connectivity index (χ1) is 10.6. The van der Waals surface area contributed by atoms with Crippen LogP contribution in [0.15, 0.2) is 23.3 Å². The van der Waals surface area contributed by atoms with Gasteiger partial charge in [-0.1, -0.05) is 24.1 Å². The van der Waals surface area contributed by atoms with Crippen molar-refractivity contribution in [2.75, 3.05) is 0 Å². The molecule has 2 heteroatoms. The van der Waals surface area contributed by atoms with E-state index in [0.717, 1.165) is 42.9 Å².